The van der Waals surface area contributed by atoms with Crippen molar-refractivity contribution in [1.29, 1.82) is 0 Å². The van der Waals surface area contributed by atoms with Crippen molar-refractivity contribution in [3.05, 3.63) is 0 Å². The fourth-order valence-electron chi connectivity index (χ4n) is 4.85. The van der Waals surface area contributed by atoms with Gasteiger partial charge in [-0.05, 0) is 0 Å². The molecule has 0 saturated carbocycles. The summed E-state index contributed by atoms with van der Waals surface area (Å²) in [6.07, 6.45) is -15.5. The van der Waals surface area contributed by atoms with E-state index in [-0.39, 0.29) is 0 Å². The van der Waals surface area contributed by atoms with Gasteiger partial charge in [0, 0.05) is 39.5 Å². The third-order valence-corrected chi connectivity index (χ3v) is 6.79. The molecular formula is C22H40N2O14. The van der Waals surface area contributed by atoms with Crippen LogP contribution in [0.25, 0.3) is 0 Å². The third-order valence-electron chi connectivity index (χ3n) is 6.79. The van der Waals surface area contributed by atoms with Gasteiger partial charge in [-0.15, -0.1) is 0 Å². The van der Waals surface area contributed by atoms with Gasteiger partial charge in [-0.25, -0.2) is 0 Å². The van der Waals surface area contributed by atoms with Crippen molar-refractivity contribution in [2.75, 3.05) is 13.2 Å². The van der Waals surface area contributed by atoms with Gasteiger partial charge < -0.3 is 71.2 Å². The van der Waals surface area contributed by atoms with Crippen LogP contribution in [-0.2, 0) is 19.1 Å². The number of ether oxygens (including phenoxy) is 2. The van der Waals surface area contributed by atoms with Crippen molar-refractivity contribution < 1.29 is 70.1 Å². The molecule has 0 spiro atoms. The van der Waals surface area contributed by atoms with E-state index in [1.165, 1.54) is 0 Å². The molecule has 16 heteroatoms. The minimum atomic E-state index is -2.27. The van der Waals surface area contributed by atoms with E-state index < -0.39 is 123 Å². The summed E-state index contributed by atoms with van der Waals surface area (Å²) in [6.45, 7) is 0.473. The summed E-state index contributed by atoms with van der Waals surface area (Å²) in [5.74, 6) is -5.76. The van der Waals surface area contributed by atoms with Gasteiger partial charge in [-0.3, -0.25) is 9.59 Å². The van der Waals surface area contributed by atoms with Crippen LogP contribution in [0.5, 0.6) is 0 Å². The molecule has 0 aromatic rings. The van der Waals surface area contributed by atoms with E-state index in [0.29, 0.717) is 0 Å². The van der Waals surface area contributed by atoms with Gasteiger partial charge in [-0.2, -0.15) is 0 Å². The van der Waals surface area contributed by atoms with Crippen molar-refractivity contribution in [1.82, 2.24) is 10.6 Å². The van der Waals surface area contributed by atoms with Crippen molar-refractivity contribution in [2.24, 2.45) is 0 Å². The van der Waals surface area contributed by atoms with Crippen molar-refractivity contribution >= 4 is 11.8 Å². The molecule has 0 radical (unpaired) electrons. The number of amides is 2. The molecule has 2 rings (SSSR count). The van der Waals surface area contributed by atoms with Crippen LogP contribution in [0.1, 0.15) is 39.5 Å². The fourth-order valence-corrected chi connectivity index (χ4v) is 4.85. The lowest BCUT2D eigenvalue weighted by molar-refractivity contribution is -0.330. The molecule has 2 heterocycles. The molecule has 2 aliphatic heterocycles. The molecule has 0 aromatic carbocycles. The molecule has 2 fully saturated rings. The van der Waals surface area contributed by atoms with Gasteiger partial charge >= 0.3 is 0 Å². The van der Waals surface area contributed by atoms with Crippen molar-refractivity contribution in [3.8, 4) is 0 Å². The normalized spacial score (nSPS) is 39.1. The highest BCUT2D eigenvalue weighted by Crippen LogP contribution is 2.39. The van der Waals surface area contributed by atoms with Gasteiger partial charge in [0.25, 0.3) is 0 Å². The molecule has 2 aliphatic rings. The first-order valence-electron chi connectivity index (χ1n) is 12.2. The largest absolute Gasteiger partial charge is 0.394 e. The van der Waals surface area contributed by atoms with Crippen LogP contribution in [0.4, 0.5) is 0 Å². The highest BCUT2D eigenvalue weighted by atomic mass is 16.7. The molecule has 38 heavy (non-hydrogen) atoms. The lowest BCUT2D eigenvalue weighted by Gasteiger charge is -2.49. The van der Waals surface area contributed by atoms with Crippen molar-refractivity contribution in [3.63, 3.8) is 0 Å². The Hall–Kier alpha value is -1.54. The molecule has 0 aromatic heterocycles. The van der Waals surface area contributed by atoms with Crippen LogP contribution in [-0.4, -0.2) is 149 Å². The fraction of sp³-hybridized carbons (Fsp3) is 0.909. The van der Waals surface area contributed by atoms with Gasteiger partial charge in [0.2, 0.25) is 11.8 Å². The Kier molecular flexibility index (Phi) is 11.4. The zero-order valence-electron chi connectivity index (χ0n) is 21.1. The zero-order chi connectivity index (χ0) is 29.0. The summed E-state index contributed by atoms with van der Waals surface area (Å²) in [7, 11) is 0. The summed E-state index contributed by atoms with van der Waals surface area (Å²) in [6, 6.07) is -2.56. The Morgan fingerprint density at radius 2 is 1.08 bits per heavy atom. The van der Waals surface area contributed by atoms with Crippen molar-refractivity contribution in [2.45, 2.75) is 112 Å². The van der Waals surface area contributed by atoms with Crippen LogP contribution >= 0.6 is 0 Å². The van der Waals surface area contributed by atoms with Crippen LogP contribution < -0.4 is 10.6 Å². The quantitative estimate of drug-likeness (QED) is 0.113. The molecule has 12 N–H and O–H groups in total. The van der Waals surface area contributed by atoms with E-state index in [1.807, 2.05) is 0 Å². The summed E-state index contributed by atoms with van der Waals surface area (Å²) < 4.78 is 11.1. The molecule has 12 atom stereocenters. The monoisotopic (exact) mass is 556 g/mol. The summed E-state index contributed by atoms with van der Waals surface area (Å²) in [5.41, 5.74) is 0. The first kappa shape index (κ1) is 32.7. The molecule has 2 saturated heterocycles. The summed E-state index contributed by atoms with van der Waals surface area (Å²) in [4.78, 5) is 23.2. The Labute approximate surface area is 218 Å². The predicted octanol–water partition coefficient (Wildman–Crippen LogP) is -6.12. The molecule has 0 bridgehead atoms. The van der Waals surface area contributed by atoms with E-state index in [2.05, 4.69) is 10.6 Å². The Balaban J connectivity index is 2.25. The average molecular weight is 557 g/mol. The second-order valence-electron chi connectivity index (χ2n) is 10.0. The Bertz CT molecular complexity index is 742. The maximum absolute atomic E-state index is 11.6. The third kappa shape index (κ3) is 8.00. The average Bonchev–Trinajstić information content (AvgIpc) is 2.83. The van der Waals surface area contributed by atoms with Crippen LogP contribution in [0.3, 0.4) is 0 Å². The van der Waals surface area contributed by atoms with E-state index in [4.69, 9.17) is 9.47 Å². The maximum atomic E-state index is 11.6. The van der Waals surface area contributed by atoms with E-state index in [1.54, 1.807) is 0 Å². The standard InChI is InChI=1S/C22H40N2O14/c1-9(27)23-15-11(29)5-21(35,37-19(15)17(33)13(31)7-25)3-4-22(36)6-12(30)16(24-10(2)28)20(38-22)18(34)14(32)8-26/h11-20,25-26,29-36H,3-8H2,1-2H3,(H,23,27)(H,24,28)/t11-,12-,13+,14+,15+,16+,17+,18+,19+,20+,21+,22+/m0/s1. The highest BCUT2D eigenvalue weighted by Gasteiger charge is 2.53. The number of aliphatic hydroxyl groups is 10. The molecular weight excluding hydrogens is 516 g/mol. The minimum Gasteiger partial charge on any atom is -0.394 e. The first-order valence-corrected chi connectivity index (χ1v) is 12.2. The Morgan fingerprint density at radius 3 is 1.34 bits per heavy atom. The first-order chi connectivity index (χ1) is 17.6. The summed E-state index contributed by atoms with van der Waals surface area (Å²) >= 11 is 0. The lowest BCUT2D eigenvalue weighted by Crippen LogP contribution is -2.67. The van der Waals surface area contributed by atoms with Gasteiger partial charge in [-0.1, -0.05) is 0 Å². The predicted molar refractivity (Wildman–Crippen MR) is 124 cm³/mol. The van der Waals surface area contributed by atoms with E-state index >= 15 is 0 Å². The molecule has 16 nitrogen and oxygen atoms in total. The van der Waals surface area contributed by atoms with E-state index in [9.17, 15) is 60.7 Å². The van der Waals surface area contributed by atoms with Crippen LogP contribution in [0.15, 0.2) is 0 Å². The second-order valence-corrected chi connectivity index (χ2v) is 10.0. The lowest BCUT2D eigenvalue weighted by atomic mass is 9.84. The smallest absolute Gasteiger partial charge is 0.217 e. The molecule has 222 valence electrons. The number of rotatable bonds is 11. The Morgan fingerprint density at radius 1 is 0.763 bits per heavy atom. The number of carbonyl (C=O) groups excluding carboxylic acids is 2. The summed E-state index contributed by atoms with van der Waals surface area (Å²) in [5, 5.41) is 107. The number of nitrogens with one attached hydrogen (secondary N) is 2. The topological polar surface area (TPSA) is 279 Å². The molecule has 0 unspecified atom stereocenters. The highest BCUT2D eigenvalue weighted by molar-refractivity contribution is 5.73. The second kappa shape index (κ2) is 13.2. The molecule has 0 aliphatic carbocycles. The SMILES string of the molecule is CC(=O)N[C@H]1[C@H]([C@H](O)[C@H](O)CO)O[C@](O)(CC[C@]2(O)C[C@H](O)[C@@H](NC(C)=O)[C@H]([C@H](O)[C@H](O)CO)O2)C[C@@H]1O. The number of aliphatic hydroxyl groups excluding tert-OH is 8. The number of hydrogen-bond acceptors (Lipinski definition) is 14. The van der Waals surface area contributed by atoms with Gasteiger partial charge in [0.05, 0.1) is 37.5 Å². The minimum absolute atomic E-state index is 0.505. The maximum Gasteiger partial charge on any atom is 0.217 e. The van der Waals surface area contributed by atoms with Gasteiger partial charge in [0.15, 0.2) is 11.6 Å². The molecule has 2 amide bonds. The number of carbonyl (C=O) groups is 2. The van der Waals surface area contributed by atoms with Crippen LogP contribution in [0, 0.1) is 0 Å². The van der Waals surface area contributed by atoms with E-state index in [0.717, 1.165) is 13.8 Å². The number of hydrogen-bond donors (Lipinski definition) is 12. The zero-order valence-corrected chi connectivity index (χ0v) is 21.1. The van der Waals surface area contributed by atoms with Crippen LogP contribution in [0.2, 0.25) is 0 Å². The van der Waals surface area contributed by atoms with Gasteiger partial charge in [0.1, 0.15) is 36.6 Å².